The topological polar surface area (TPSA) is 124 Å². The van der Waals surface area contributed by atoms with Crippen LogP contribution in [0.4, 0.5) is 0 Å². The van der Waals surface area contributed by atoms with Gasteiger partial charge in [0.15, 0.2) is 26.5 Å². The molecule has 266 valence electrons. The molecule has 3 fully saturated rings. The van der Waals surface area contributed by atoms with Crippen molar-refractivity contribution in [1.82, 2.24) is 0 Å². The molecule has 3 heterocycles. The Morgan fingerprint density at radius 2 is 1.47 bits per heavy atom. The number of hydrogen-bond acceptors (Lipinski definition) is 11. The van der Waals surface area contributed by atoms with E-state index >= 15 is 0 Å². The molecule has 0 bridgehead atoms. The maximum absolute atomic E-state index is 12.4. The van der Waals surface area contributed by atoms with Gasteiger partial charge in [0.25, 0.3) is 3.79 Å². The summed E-state index contributed by atoms with van der Waals surface area (Å²) < 4.78 is 54.9. The summed E-state index contributed by atoms with van der Waals surface area (Å²) in [6.07, 6.45) is -8.38. The monoisotopic (exact) mass is 739 g/mol. The van der Waals surface area contributed by atoms with Crippen molar-refractivity contribution in [1.29, 1.82) is 5.41 Å². The molecule has 47 heavy (non-hydrogen) atoms. The van der Waals surface area contributed by atoms with Gasteiger partial charge in [-0.05, 0) is 51.4 Å². The van der Waals surface area contributed by atoms with E-state index in [0.717, 1.165) is 5.56 Å². The molecule has 3 aliphatic heterocycles. The lowest BCUT2D eigenvalue weighted by molar-refractivity contribution is -0.340. The van der Waals surface area contributed by atoms with Gasteiger partial charge in [-0.2, -0.15) is 0 Å². The van der Waals surface area contributed by atoms with Crippen LogP contribution in [0.15, 0.2) is 30.3 Å². The molecule has 5 unspecified atom stereocenters. The lowest BCUT2D eigenvalue weighted by Gasteiger charge is -2.50. The van der Waals surface area contributed by atoms with Gasteiger partial charge in [0.2, 0.25) is 12.2 Å². The molecular weight excluding hydrogens is 693 g/mol. The van der Waals surface area contributed by atoms with Crippen LogP contribution in [0.25, 0.3) is 0 Å². The van der Waals surface area contributed by atoms with Crippen molar-refractivity contribution in [3.05, 3.63) is 35.9 Å². The summed E-state index contributed by atoms with van der Waals surface area (Å²) in [4.78, 5) is 12.4. The smallest absolute Gasteiger partial charge is 0.303 e. The molecule has 0 aromatic heterocycles. The van der Waals surface area contributed by atoms with Crippen LogP contribution in [0.1, 0.15) is 61.0 Å². The number of carbonyl (C=O) groups excluding carboxylic acids is 1. The lowest BCUT2D eigenvalue weighted by atomic mass is 9.97. The van der Waals surface area contributed by atoms with Crippen molar-refractivity contribution in [2.75, 3.05) is 0 Å². The van der Waals surface area contributed by atoms with Gasteiger partial charge >= 0.3 is 5.97 Å². The minimum absolute atomic E-state index is 0.262. The minimum Gasteiger partial charge on any atom is -0.457 e. The van der Waals surface area contributed by atoms with Gasteiger partial charge in [-0.15, -0.1) is 0 Å². The van der Waals surface area contributed by atoms with Crippen LogP contribution >= 0.6 is 34.8 Å². The number of fused-ring (bicyclic) bond motifs is 1. The van der Waals surface area contributed by atoms with E-state index < -0.39 is 91.2 Å². The highest BCUT2D eigenvalue weighted by molar-refractivity contribution is 6.76. The molecule has 1 aromatic carbocycles. The Balaban J connectivity index is 1.70. The van der Waals surface area contributed by atoms with Crippen molar-refractivity contribution >= 4 is 55.0 Å². The van der Waals surface area contributed by atoms with Crippen molar-refractivity contribution in [2.24, 2.45) is 0 Å². The molecule has 15 heteroatoms. The van der Waals surface area contributed by atoms with E-state index in [1.807, 2.05) is 64.2 Å². The molecule has 0 radical (unpaired) electrons. The molecule has 0 saturated carbocycles. The maximum atomic E-state index is 12.4. The van der Waals surface area contributed by atoms with Crippen LogP contribution in [0.5, 0.6) is 0 Å². The summed E-state index contributed by atoms with van der Waals surface area (Å²) in [5, 5.41) is 8.05. The van der Waals surface area contributed by atoms with Crippen molar-refractivity contribution in [2.45, 2.75) is 151 Å². The summed E-state index contributed by atoms with van der Waals surface area (Å²) in [6.45, 7) is 19.2. The molecule has 4 rings (SSSR count). The molecule has 10 atom stereocenters. The quantitative estimate of drug-likeness (QED) is 0.0968. The van der Waals surface area contributed by atoms with Crippen LogP contribution in [-0.2, 0) is 53.7 Å². The number of esters is 1. The van der Waals surface area contributed by atoms with Gasteiger partial charge in [-0.3, -0.25) is 10.2 Å². The van der Waals surface area contributed by atoms with E-state index in [2.05, 4.69) is 20.8 Å². The van der Waals surface area contributed by atoms with Crippen LogP contribution in [-0.4, -0.2) is 91.2 Å². The number of alkyl halides is 3. The van der Waals surface area contributed by atoms with E-state index in [0.29, 0.717) is 6.61 Å². The fourth-order valence-electron chi connectivity index (χ4n) is 5.58. The lowest BCUT2D eigenvalue weighted by Crippen LogP contribution is -2.66. The van der Waals surface area contributed by atoms with Gasteiger partial charge in [0.05, 0.1) is 18.8 Å². The molecule has 0 amide bonds. The van der Waals surface area contributed by atoms with Gasteiger partial charge in [-0.25, -0.2) is 0 Å². The summed E-state index contributed by atoms with van der Waals surface area (Å²) in [7, 11) is -2.61. The van der Waals surface area contributed by atoms with Crippen LogP contribution < -0.4 is 0 Å². The molecule has 11 nitrogen and oxygen atoms in total. The Bertz CT molecular complexity index is 1240. The van der Waals surface area contributed by atoms with Crippen molar-refractivity contribution < 1.29 is 47.1 Å². The highest BCUT2D eigenvalue weighted by atomic mass is 35.6. The highest BCUT2D eigenvalue weighted by Crippen LogP contribution is 2.44. The van der Waals surface area contributed by atoms with Crippen LogP contribution in [0.3, 0.4) is 0 Å². The summed E-state index contributed by atoms with van der Waals surface area (Å²) >= 11 is 18.0. The fraction of sp³-hybridized carbons (Fsp3) is 0.750. The SMILES string of the molecule is CC(=O)O[C@H]1C(C)O[C@H](OC(=N)C(Cl)(Cl)Cl)C(O[Si](C)(C)C(C)(C)C)C1O[C@@H]1OC(C)[C@H](OCc2ccccc2)C2OC(C)(C)O[C@@H]21. The second-order valence-corrected chi connectivity index (χ2v) is 21.2. The molecule has 1 aromatic rings. The second-order valence-electron chi connectivity index (χ2n) is 14.2. The average Bonchev–Trinajstić information content (AvgIpc) is 3.26. The second kappa shape index (κ2) is 14.7. The third kappa shape index (κ3) is 9.40. The predicted octanol–water partition coefficient (Wildman–Crippen LogP) is 6.65. The van der Waals surface area contributed by atoms with E-state index in [1.165, 1.54) is 6.92 Å². The molecule has 1 N–H and O–H groups in total. The maximum Gasteiger partial charge on any atom is 0.303 e. The number of hydrogen-bond donors (Lipinski definition) is 1. The number of ether oxygens (including phenoxy) is 8. The molecule has 3 aliphatic rings. The first-order valence-corrected chi connectivity index (χ1v) is 19.8. The zero-order valence-corrected chi connectivity index (χ0v) is 31.9. The number of nitrogens with one attached hydrogen (secondary N) is 1. The Hall–Kier alpha value is -1.03. The Morgan fingerprint density at radius 1 is 0.894 bits per heavy atom. The standard InChI is InChI=1S/C32H48Cl3NO10Si/c1-17-21(38-16-20-14-12-11-13-15-20)24-25(45-31(7,8)44-24)27(39-17)42-23-22(41-19(3)37)18(2)40-28(43-29(36)32(33,34)35)26(23)46-47(9,10)30(4,5)6/h11-15,17-18,21-28,36H,16H2,1-10H3/t17?,18?,21-,22-,23?,24?,25-,26?,27-,28+/m0/s1. The molecular formula is C32H48Cl3NO10Si. The fourth-order valence-corrected chi connectivity index (χ4v) is 6.99. The highest BCUT2D eigenvalue weighted by Gasteiger charge is 2.59. The summed E-state index contributed by atoms with van der Waals surface area (Å²) in [5.41, 5.74) is 1.00. The first-order chi connectivity index (χ1) is 21.6. The Morgan fingerprint density at radius 3 is 2.04 bits per heavy atom. The van der Waals surface area contributed by atoms with Gasteiger partial charge in [-0.1, -0.05) is 85.9 Å². The molecule has 3 saturated heterocycles. The van der Waals surface area contributed by atoms with Crippen LogP contribution in [0, 0.1) is 5.41 Å². The summed E-state index contributed by atoms with van der Waals surface area (Å²) in [6, 6.07) is 9.82. The van der Waals surface area contributed by atoms with Crippen molar-refractivity contribution in [3.8, 4) is 0 Å². The Kier molecular flexibility index (Phi) is 12.1. The number of rotatable bonds is 9. The minimum atomic E-state index is -2.61. The Labute approximate surface area is 293 Å². The van der Waals surface area contributed by atoms with E-state index in [-0.39, 0.29) is 5.04 Å². The molecule has 0 aliphatic carbocycles. The first kappa shape index (κ1) is 38.8. The average molecular weight is 741 g/mol. The first-order valence-electron chi connectivity index (χ1n) is 15.7. The van der Waals surface area contributed by atoms with Gasteiger partial charge in [0.1, 0.15) is 30.5 Å². The zero-order chi connectivity index (χ0) is 35.1. The predicted molar refractivity (Wildman–Crippen MR) is 179 cm³/mol. The van der Waals surface area contributed by atoms with Crippen molar-refractivity contribution in [3.63, 3.8) is 0 Å². The van der Waals surface area contributed by atoms with Crippen LogP contribution in [0.2, 0.25) is 18.1 Å². The summed E-state index contributed by atoms with van der Waals surface area (Å²) in [5.74, 6) is -2.19. The third-order valence-corrected chi connectivity index (χ3v) is 13.9. The van der Waals surface area contributed by atoms with Gasteiger partial charge < -0.3 is 42.3 Å². The third-order valence-electron chi connectivity index (χ3n) is 8.90. The normalized spacial score (nSPS) is 34.4. The largest absolute Gasteiger partial charge is 0.457 e. The number of carbonyl (C=O) groups is 1. The zero-order valence-electron chi connectivity index (χ0n) is 28.6. The molecule has 0 spiro atoms. The van der Waals surface area contributed by atoms with Gasteiger partial charge in [0, 0.05) is 6.92 Å². The number of halogens is 3. The van der Waals surface area contributed by atoms with E-state index in [9.17, 15) is 4.79 Å². The van der Waals surface area contributed by atoms with E-state index in [1.54, 1.807) is 6.92 Å². The number of benzene rings is 1. The van der Waals surface area contributed by atoms with E-state index in [4.69, 9.17) is 82.5 Å².